The first kappa shape index (κ1) is 14.2. The van der Waals surface area contributed by atoms with E-state index in [4.69, 9.17) is 4.74 Å². The molecule has 112 valence electrons. The summed E-state index contributed by atoms with van der Waals surface area (Å²) in [5.41, 5.74) is 1.18. The van der Waals surface area contributed by atoms with E-state index in [1.165, 1.54) is 44.6 Å². The molecule has 4 rings (SSSR count). The molecular formula is C18H28O2. The van der Waals surface area contributed by atoms with Crippen LogP contribution in [-0.2, 0) is 9.53 Å². The average molecular weight is 276 g/mol. The number of carbonyl (C=O) groups is 1. The molecule has 0 aromatic carbocycles. The molecule has 0 heterocycles. The fourth-order valence-corrected chi connectivity index (χ4v) is 6.84. The number of carbonyl (C=O) groups excluding carboxylic acids is 1. The Morgan fingerprint density at radius 3 is 2.35 bits per heavy atom. The highest BCUT2D eigenvalue weighted by Crippen LogP contribution is 2.72. The summed E-state index contributed by atoms with van der Waals surface area (Å²) in [6.45, 7) is 11.4. The van der Waals surface area contributed by atoms with Crippen LogP contribution in [0.25, 0.3) is 0 Å². The van der Waals surface area contributed by atoms with Gasteiger partial charge in [0, 0.05) is 11.5 Å². The van der Waals surface area contributed by atoms with Crippen molar-refractivity contribution in [3.63, 3.8) is 0 Å². The van der Waals surface area contributed by atoms with Crippen LogP contribution in [0, 0.1) is 28.1 Å². The van der Waals surface area contributed by atoms with Gasteiger partial charge in [-0.2, -0.15) is 0 Å². The number of hydrogen-bond acceptors (Lipinski definition) is 2. The Kier molecular flexibility index (Phi) is 3.08. The highest BCUT2D eigenvalue weighted by Gasteiger charge is 2.64. The van der Waals surface area contributed by atoms with Gasteiger partial charge in [-0.1, -0.05) is 33.8 Å². The maximum atomic E-state index is 11.5. The van der Waals surface area contributed by atoms with E-state index in [0.29, 0.717) is 17.4 Å². The predicted molar refractivity (Wildman–Crippen MR) is 80.2 cm³/mol. The Labute approximate surface area is 123 Å². The van der Waals surface area contributed by atoms with E-state index in [1.807, 2.05) is 0 Å². The fourth-order valence-electron chi connectivity index (χ4n) is 6.84. The molecule has 4 saturated carbocycles. The first-order valence-electron chi connectivity index (χ1n) is 8.13. The zero-order valence-corrected chi connectivity index (χ0v) is 13.2. The second-order valence-electron chi connectivity index (χ2n) is 8.51. The molecule has 2 nitrogen and oxygen atoms in total. The Bertz CT molecular complexity index is 421. The monoisotopic (exact) mass is 276 g/mol. The van der Waals surface area contributed by atoms with Gasteiger partial charge in [-0.05, 0) is 54.8 Å². The van der Waals surface area contributed by atoms with Crippen molar-refractivity contribution in [2.45, 2.75) is 59.3 Å². The van der Waals surface area contributed by atoms with Gasteiger partial charge in [0.25, 0.3) is 0 Å². The summed E-state index contributed by atoms with van der Waals surface area (Å²) < 4.78 is 5.54. The lowest BCUT2D eigenvalue weighted by atomic mass is 9.37. The molecule has 0 radical (unpaired) electrons. The summed E-state index contributed by atoms with van der Waals surface area (Å²) >= 11 is 0. The molecule has 4 fully saturated rings. The SMILES string of the molecule is C=CC(=O)OCC12CC3(C)CC(CC(C)(C3)C1)C2CC. The average Bonchev–Trinajstić information content (AvgIpc) is 2.32. The third-order valence-electron chi connectivity index (χ3n) is 6.39. The number of hydrogen-bond donors (Lipinski definition) is 0. The molecule has 3 atom stereocenters. The van der Waals surface area contributed by atoms with Gasteiger partial charge in [-0.15, -0.1) is 0 Å². The molecule has 4 bridgehead atoms. The van der Waals surface area contributed by atoms with Crippen molar-refractivity contribution in [2.24, 2.45) is 28.1 Å². The van der Waals surface area contributed by atoms with E-state index in [0.717, 1.165) is 11.8 Å². The van der Waals surface area contributed by atoms with Crippen LogP contribution in [-0.4, -0.2) is 12.6 Å². The normalized spacial score (nSPS) is 49.1. The molecule has 0 amide bonds. The van der Waals surface area contributed by atoms with E-state index < -0.39 is 0 Å². The second kappa shape index (κ2) is 4.35. The van der Waals surface area contributed by atoms with Gasteiger partial charge in [0.2, 0.25) is 0 Å². The van der Waals surface area contributed by atoms with E-state index in [-0.39, 0.29) is 11.4 Å². The summed E-state index contributed by atoms with van der Waals surface area (Å²) in [6, 6.07) is 0. The molecule has 0 aromatic heterocycles. The molecule has 0 aliphatic heterocycles. The van der Waals surface area contributed by atoms with Crippen LogP contribution in [0.4, 0.5) is 0 Å². The predicted octanol–water partition coefficient (Wildman–Crippen LogP) is 4.35. The second-order valence-corrected chi connectivity index (χ2v) is 8.51. The van der Waals surface area contributed by atoms with Gasteiger partial charge in [-0.3, -0.25) is 0 Å². The molecule has 0 N–H and O–H groups in total. The molecule has 4 aliphatic rings. The van der Waals surface area contributed by atoms with Gasteiger partial charge in [0.15, 0.2) is 0 Å². The number of ether oxygens (including phenoxy) is 1. The van der Waals surface area contributed by atoms with Crippen LogP contribution in [0.3, 0.4) is 0 Å². The Morgan fingerprint density at radius 2 is 1.85 bits per heavy atom. The highest BCUT2D eigenvalue weighted by molar-refractivity contribution is 5.81. The third kappa shape index (κ3) is 2.03. The minimum atomic E-state index is -0.258. The summed E-state index contributed by atoms with van der Waals surface area (Å²) in [6.07, 6.45) is 9.15. The lowest BCUT2D eigenvalue weighted by Crippen LogP contribution is -2.61. The van der Waals surface area contributed by atoms with Crippen LogP contribution in [0.2, 0.25) is 0 Å². The highest BCUT2D eigenvalue weighted by atomic mass is 16.5. The third-order valence-corrected chi connectivity index (χ3v) is 6.39. The molecule has 0 saturated heterocycles. The van der Waals surface area contributed by atoms with Crippen LogP contribution >= 0.6 is 0 Å². The Hall–Kier alpha value is -0.790. The molecular weight excluding hydrogens is 248 g/mol. The van der Waals surface area contributed by atoms with Crippen LogP contribution in [0.5, 0.6) is 0 Å². The van der Waals surface area contributed by atoms with Crippen LogP contribution in [0.1, 0.15) is 59.3 Å². The maximum absolute atomic E-state index is 11.5. The van der Waals surface area contributed by atoms with Crippen molar-refractivity contribution in [1.82, 2.24) is 0 Å². The van der Waals surface area contributed by atoms with Gasteiger partial charge < -0.3 is 4.74 Å². The molecule has 20 heavy (non-hydrogen) atoms. The largest absolute Gasteiger partial charge is 0.462 e. The van der Waals surface area contributed by atoms with Gasteiger partial charge in [0.1, 0.15) is 0 Å². The summed E-state index contributed by atoms with van der Waals surface area (Å²) in [4.78, 5) is 11.5. The maximum Gasteiger partial charge on any atom is 0.330 e. The smallest absolute Gasteiger partial charge is 0.330 e. The first-order valence-corrected chi connectivity index (χ1v) is 8.13. The quantitative estimate of drug-likeness (QED) is 0.563. The van der Waals surface area contributed by atoms with Gasteiger partial charge in [-0.25, -0.2) is 4.79 Å². The molecule has 0 spiro atoms. The van der Waals surface area contributed by atoms with Crippen molar-refractivity contribution in [2.75, 3.05) is 6.61 Å². The molecule has 3 unspecified atom stereocenters. The fraction of sp³-hybridized carbons (Fsp3) is 0.833. The number of rotatable bonds is 4. The standard InChI is InChI=1S/C18H28O2/c1-5-14-13-7-16(3)9-17(4,8-13)11-18(14,10-16)12-20-15(19)6-2/h6,13-14H,2,5,7-12H2,1,3-4H3. The molecule has 4 aliphatic carbocycles. The van der Waals surface area contributed by atoms with E-state index in [1.54, 1.807) is 0 Å². The van der Waals surface area contributed by atoms with E-state index in [9.17, 15) is 4.79 Å². The summed E-state index contributed by atoms with van der Waals surface area (Å²) in [5.74, 6) is 1.32. The summed E-state index contributed by atoms with van der Waals surface area (Å²) in [7, 11) is 0. The molecule has 2 heteroatoms. The molecule has 0 aromatic rings. The minimum Gasteiger partial charge on any atom is -0.462 e. The van der Waals surface area contributed by atoms with Crippen molar-refractivity contribution >= 4 is 5.97 Å². The van der Waals surface area contributed by atoms with Crippen molar-refractivity contribution in [1.29, 1.82) is 0 Å². The van der Waals surface area contributed by atoms with Gasteiger partial charge in [0.05, 0.1) is 6.61 Å². The lowest BCUT2D eigenvalue weighted by Gasteiger charge is -2.68. The Balaban J connectivity index is 1.90. The Morgan fingerprint density at radius 1 is 1.25 bits per heavy atom. The lowest BCUT2D eigenvalue weighted by molar-refractivity contribution is -0.206. The van der Waals surface area contributed by atoms with Crippen LogP contribution < -0.4 is 0 Å². The zero-order valence-electron chi connectivity index (χ0n) is 13.2. The van der Waals surface area contributed by atoms with Crippen molar-refractivity contribution in [3.05, 3.63) is 12.7 Å². The summed E-state index contributed by atoms with van der Waals surface area (Å²) in [5, 5.41) is 0. The first-order chi connectivity index (χ1) is 9.34. The van der Waals surface area contributed by atoms with Crippen molar-refractivity contribution in [3.8, 4) is 0 Å². The minimum absolute atomic E-state index is 0.232. The van der Waals surface area contributed by atoms with Crippen LogP contribution in [0.15, 0.2) is 12.7 Å². The number of esters is 1. The van der Waals surface area contributed by atoms with E-state index >= 15 is 0 Å². The zero-order chi connectivity index (χ0) is 14.6. The van der Waals surface area contributed by atoms with E-state index in [2.05, 4.69) is 27.4 Å². The topological polar surface area (TPSA) is 26.3 Å². The van der Waals surface area contributed by atoms with Crippen molar-refractivity contribution < 1.29 is 9.53 Å². The van der Waals surface area contributed by atoms with Gasteiger partial charge >= 0.3 is 5.97 Å².